The molecule has 1 N–H and O–H groups in total. The van der Waals surface area contributed by atoms with Gasteiger partial charge in [0, 0.05) is 0 Å². The lowest BCUT2D eigenvalue weighted by atomic mass is 10.1. The molecule has 0 amide bonds. The summed E-state index contributed by atoms with van der Waals surface area (Å²) in [5.74, 6) is 0.968. The maximum atomic E-state index is 13.8. The van der Waals surface area contributed by atoms with E-state index in [-0.39, 0.29) is 19.1 Å². The third kappa shape index (κ3) is 2.78. The third-order valence-corrected chi connectivity index (χ3v) is 3.33. The Morgan fingerprint density at radius 1 is 1.24 bits per heavy atom. The third-order valence-electron chi connectivity index (χ3n) is 3.33. The summed E-state index contributed by atoms with van der Waals surface area (Å²) in [7, 11) is 0. The van der Waals surface area contributed by atoms with E-state index in [2.05, 4.69) is 0 Å². The van der Waals surface area contributed by atoms with E-state index in [4.69, 9.17) is 14.2 Å². The zero-order valence-electron chi connectivity index (χ0n) is 11.5. The summed E-state index contributed by atoms with van der Waals surface area (Å²) in [6.07, 6.45) is -0.876. The summed E-state index contributed by atoms with van der Waals surface area (Å²) in [6, 6.07) is 10.1. The Hall–Kier alpha value is -2.27. The van der Waals surface area contributed by atoms with Crippen molar-refractivity contribution in [3.63, 3.8) is 0 Å². The second-order valence-electron chi connectivity index (χ2n) is 4.83. The van der Waals surface area contributed by atoms with Crippen LogP contribution in [0.3, 0.4) is 0 Å². The van der Waals surface area contributed by atoms with Crippen LogP contribution in [0, 0.1) is 12.7 Å². The molecule has 0 saturated carbocycles. The molecular formula is C16H15FO4. The molecule has 2 aromatic rings. The Bertz CT molecular complexity index is 657. The number of hydrogen-bond donors (Lipinski definition) is 1. The molecule has 0 bridgehead atoms. The molecule has 1 aliphatic heterocycles. The fourth-order valence-corrected chi connectivity index (χ4v) is 2.12. The summed E-state index contributed by atoms with van der Waals surface area (Å²) < 4.78 is 29.6. The smallest absolute Gasteiger partial charge is 0.231 e. The van der Waals surface area contributed by atoms with Crippen LogP contribution in [0.4, 0.5) is 4.39 Å². The molecule has 110 valence electrons. The van der Waals surface area contributed by atoms with Gasteiger partial charge in [-0.3, -0.25) is 0 Å². The first-order valence-electron chi connectivity index (χ1n) is 6.60. The molecule has 1 heterocycles. The molecule has 2 aromatic carbocycles. The molecule has 1 atom stereocenters. The Morgan fingerprint density at radius 3 is 2.90 bits per heavy atom. The van der Waals surface area contributed by atoms with Gasteiger partial charge in [-0.2, -0.15) is 0 Å². The van der Waals surface area contributed by atoms with E-state index < -0.39 is 11.9 Å². The molecule has 1 unspecified atom stereocenters. The van der Waals surface area contributed by atoms with Gasteiger partial charge in [-0.15, -0.1) is 0 Å². The van der Waals surface area contributed by atoms with Crippen LogP contribution in [0.2, 0.25) is 0 Å². The number of aryl methyl sites for hydroxylation is 1. The van der Waals surface area contributed by atoms with Gasteiger partial charge in [-0.1, -0.05) is 18.2 Å². The molecule has 0 fully saturated rings. The molecular weight excluding hydrogens is 275 g/mol. The first-order valence-corrected chi connectivity index (χ1v) is 6.60. The molecule has 5 heteroatoms. The fourth-order valence-electron chi connectivity index (χ4n) is 2.12. The second kappa shape index (κ2) is 5.61. The van der Waals surface area contributed by atoms with Crippen molar-refractivity contribution in [1.82, 2.24) is 0 Å². The van der Waals surface area contributed by atoms with Gasteiger partial charge >= 0.3 is 0 Å². The Balaban J connectivity index is 1.69. The van der Waals surface area contributed by atoms with E-state index in [1.165, 1.54) is 6.07 Å². The number of hydrogen-bond acceptors (Lipinski definition) is 4. The highest BCUT2D eigenvalue weighted by Crippen LogP contribution is 2.34. The maximum Gasteiger partial charge on any atom is 0.231 e. The van der Waals surface area contributed by atoms with Crippen LogP contribution >= 0.6 is 0 Å². The van der Waals surface area contributed by atoms with Crippen LogP contribution in [0.1, 0.15) is 17.2 Å². The minimum absolute atomic E-state index is 0.0416. The van der Waals surface area contributed by atoms with Crippen molar-refractivity contribution >= 4 is 0 Å². The number of ether oxygens (including phenoxy) is 3. The Kier molecular flexibility index (Phi) is 3.66. The van der Waals surface area contributed by atoms with Gasteiger partial charge in [0.1, 0.15) is 12.7 Å². The van der Waals surface area contributed by atoms with E-state index in [9.17, 15) is 9.50 Å². The van der Waals surface area contributed by atoms with Gasteiger partial charge in [-0.25, -0.2) is 4.39 Å². The lowest BCUT2D eigenvalue weighted by Gasteiger charge is -2.14. The number of aliphatic hydroxyl groups excluding tert-OH is 1. The average Bonchev–Trinajstić information content (AvgIpc) is 2.96. The zero-order valence-corrected chi connectivity index (χ0v) is 11.5. The van der Waals surface area contributed by atoms with Crippen molar-refractivity contribution in [2.24, 2.45) is 0 Å². The van der Waals surface area contributed by atoms with Gasteiger partial charge in [0.25, 0.3) is 0 Å². The van der Waals surface area contributed by atoms with Crippen LogP contribution in [0.15, 0.2) is 36.4 Å². The van der Waals surface area contributed by atoms with E-state index in [0.29, 0.717) is 22.6 Å². The van der Waals surface area contributed by atoms with Crippen molar-refractivity contribution in [1.29, 1.82) is 0 Å². The van der Waals surface area contributed by atoms with Crippen molar-refractivity contribution in [3.8, 4) is 17.2 Å². The summed E-state index contributed by atoms with van der Waals surface area (Å²) in [6.45, 7) is 1.80. The van der Waals surface area contributed by atoms with E-state index in [0.717, 1.165) is 0 Å². The van der Waals surface area contributed by atoms with Crippen LogP contribution in [0.25, 0.3) is 0 Å². The molecule has 3 rings (SSSR count). The predicted molar refractivity (Wildman–Crippen MR) is 74.2 cm³/mol. The second-order valence-corrected chi connectivity index (χ2v) is 4.83. The predicted octanol–water partition coefficient (Wildman–Crippen LogP) is 2.98. The van der Waals surface area contributed by atoms with Crippen LogP contribution in [-0.4, -0.2) is 18.5 Å². The highest BCUT2D eigenvalue weighted by molar-refractivity contribution is 5.45. The van der Waals surface area contributed by atoms with E-state index in [1.807, 2.05) is 0 Å². The summed E-state index contributed by atoms with van der Waals surface area (Å²) in [5, 5.41) is 10.1. The van der Waals surface area contributed by atoms with Gasteiger partial charge in [0.05, 0.1) is 0 Å². The zero-order chi connectivity index (χ0) is 14.8. The molecule has 0 aromatic heterocycles. The first-order chi connectivity index (χ1) is 10.1. The number of halogens is 1. The van der Waals surface area contributed by atoms with Crippen molar-refractivity contribution < 1.29 is 23.7 Å². The van der Waals surface area contributed by atoms with E-state index in [1.54, 1.807) is 37.3 Å². The number of aliphatic hydroxyl groups is 1. The summed E-state index contributed by atoms with van der Waals surface area (Å²) in [4.78, 5) is 0. The molecule has 0 aliphatic carbocycles. The molecule has 4 nitrogen and oxygen atoms in total. The fraction of sp³-hybridized carbons (Fsp3) is 0.250. The van der Waals surface area contributed by atoms with Gasteiger partial charge in [0.15, 0.2) is 23.1 Å². The SMILES string of the molecule is Cc1cccc(OCC(O)c2ccc3c(c2)OCO3)c1F. The standard InChI is InChI=1S/C16H15FO4/c1-10-3-2-4-14(16(10)17)19-8-12(18)11-5-6-13-15(7-11)21-9-20-13/h2-7,12,18H,8-9H2,1H3. The van der Waals surface area contributed by atoms with Crippen LogP contribution < -0.4 is 14.2 Å². The summed E-state index contributed by atoms with van der Waals surface area (Å²) in [5.41, 5.74) is 1.14. The quantitative estimate of drug-likeness (QED) is 0.940. The van der Waals surface area contributed by atoms with Crippen LogP contribution in [0.5, 0.6) is 17.2 Å². The lowest BCUT2D eigenvalue weighted by molar-refractivity contribution is 0.105. The summed E-state index contributed by atoms with van der Waals surface area (Å²) >= 11 is 0. The monoisotopic (exact) mass is 290 g/mol. The molecule has 1 aliphatic rings. The minimum Gasteiger partial charge on any atom is -0.487 e. The lowest BCUT2D eigenvalue weighted by Crippen LogP contribution is -2.10. The van der Waals surface area contributed by atoms with Gasteiger partial charge < -0.3 is 19.3 Å². The highest BCUT2D eigenvalue weighted by atomic mass is 19.1. The normalized spacial score (nSPS) is 14.0. The highest BCUT2D eigenvalue weighted by Gasteiger charge is 2.17. The Morgan fingerprint density at radius 2 is 2.05 bits per heavy atom. The maximum absolute atomic E-state index is 13.8. The van der Waals surface area contributed by atoms with Gasteiger partial charge in [-0.05, 0) is 36.2 Å². The minimum atomic E-state index is -0.876. The van der Waals surface area contributed by atoms with Crippen molar-refractivity contribution in [3.05, 3.63) is 53.3 Å². The molecule has 21 heavy (non-hydrogen) atoms. The van der Waals surface area contributed by atoms with Crippen molar-refractivity contribution in [2.75, 3.05) is 13.4 Å². The number of rotatable bonds is 4. The topological polar surface area (TPSA) is 47.9 Å². The molecule has 0 spiro atoms. The average molecular weight is 290 g/mol. The van der Waals surface area contributed by atoms with E-state index >= 15 is 0 Å². The largest absolute Gasteiger partial charge is 0.487 e. The molecule has 0 radical (unpaired) electrons. The molecule has 0 saturated heterocycles. The first kappa shape index (κ1) is 13.7. The number of fused-ring (bicyclic) bond motifs is 1. The number of benzene rings is 2. The van der Waals surface area contributed by atoms with Crippen molar-refractivity contribution in [2.45, 2.75) is 13.0 Å². The Labute approximate surface area is 121 Å². The van der Waals surface area contributed by atoms with Crippen LogP contribution in [-0.2, 0) is 0 Å². The van der Waals surface area contributed by atoms with Gasteiger partial charge in [0.2, 0.25) is 6.79 Å².